The molecule has 1 aliphatic rings. The van der Waals surface area contributed by atoms with Gasteiger partial charge in [-0.2, -0.15) is 0 Å². The molecule has 1 rings (SSSR count). The van der Waals surface area contributed by atoms with Gasteiger partial charge in [-0.25, -0.2) is 0 Å². The van der Waals surface area contributed by atoms with Crippen LogP contribution in [0.5, 0.6) is 0 Å². The Kier molecular flexibility index (Phi) is 3.56. The second kappa shape index (κ2) is 4.36. The highest BCUT2D eigenvalue weighted by Crippen LogP contribution is 2.31. The number of ether oxygens (including phenoxy) is 1. The van der Waals surface area contributed by atoms with Crippen molar-refractivity contribution >= 4 is 5.97 Å². The molecule has 1 aliphatic carbocycles. The molecule has 0 aromatic carbocycles. The molecule has 4 nitrogen and oxygen atoms in total. The van der Waals surface area contributed by atoms with Gasteiger partial charge in [0.25, 0.3) is 0 Å². The maximum absolute atomic E-state index is 11.6. The van der Waals surface area contributed by atoms with Crippen molar-refractivity contribution in [2.75, 3.05) is 13.2 Å². The molecule has 0 heterocycles. The molecule has 88 valence electrons. The number of hydrogen-bond acceptors (Lipinski definition) is 3. The SMILES string of the molecule is O=C(O)C1(NCCOC(F)(F)F)CCC1. The van der Waals surface area contributed by atoms with E-state index in [1.807, 2.05) is 0 Å². The minimum atomic E-state index is -4.66. The summed E-state index contributed by atoms with van der Waals surface area (Å²) in [6, 6.07) is 0. The number of alkyl halides is 3. The highest BCUT2D eigenvalue weighted by atomic mass is 19.4. The third-order valence-corrected chi connectivity index (χ3v) is 2.45. The summed E-state index contributed by atoms with van der Waals surface area (Å²) < 4.78 is 38.2. The molecule has 0 amide bonds. The number of nitrogens with one attached hydrogen (secondary N) is 1. The van der Waals surface area contributed by atoms with Crippen LogP contribution in [0.4, 0.5) is 13.2 Å². The van der Waals surface area contributed by atoms with E-state index in [0.29, 0.717) is 12.8 Å². The first-order chi connectivity index (χ1) is 6.86. The zero-order valence-electron chi connectivity index (χ0n) is 7.93. The Morgan fingerprint density at radius 1 is 1.47 bits per heavy atom. The topological polar surface area (TPSA) is 58.6 Å². The number of hydrogen-bond donors (Lipinski definition) is 2. The van der Waals surface area contributed by atoms with Gasteiger partial charge in [0.1, 0.15) is 5.54 Å². The lowest BCUT2D eigenvalue weighted by atomic mass is 9.77. The Morgan fingerprint density at radius 2 is 2.07 bits per heavy atom. The van der Waals surface area contributed by atoms with Gasteiger partial charge in [-0.3, -0.25) is 14.8 Å². The van der Waals surface area contributed by atoms with Crippen molar-refractivity contribution in [2.24, 2.45) is 0 Å². The van der Waals surface area contributed by atoms with Crippen LogP contribution in [0, 0.1) is 0 Å². The van der Waals surface area contributed by atoms with E-state index < -0.39 is 24.5 Å². The van der Waals surface area contributed by atoms with Gasteiger partial charge in [0.15, 0.2) is 0 Å². The Labute approximate surface area is 84.4 Å². The Morgan fingerprint density at radius 3 is 2.40 bits per heavy atom. The van der Waals surface area contributed by atoms with Crippen LogP contribution in [0.3, 0.4) is 0 Å². The number of carboxylic acid groups (broad SMARTS) is 1. The van der Waals surface area contributed by atoms with E-state index in [4.69, 9.17) is 5.11 Å². The first-order valence-corrected chi connectivity index (χ1v) is 4.55. The van der Waals surface area contributed by atoms with Gasteiger partial charge >= 0.3 is 12.3 Å². The van der Waals surface area contributed by atoms with Crippen LogP contribution in [-0.4, -0.2) is 36.1 Å². The molecule has 15 heavy (non-hydrogen) atoms. The van der Waals surface area contributed by atoms with Gasteiger partial charge < -0.3 is 5.11 Å². The van der Waals surface area contributed by atoms with Gasteiger partial charge in [-0.15, -0.1) is 13.2 Å². The van der Waals surface area contributed by atoms with E-state index in [9.17, 15) is 18.0 Å². The van der Waals surface area contributed by atoms with Crippen molar-refractivity contribution in [2.45, 2.75) is 31.2 Å². The number of carbonyl (C=O) groups is 1. The van der Waals surface area contributed by atoms with Crippen LogP contribution >= 0.6 is 0 Å². The second-order valence-electron chi connectivity index (χ2n) is 3.46. The molecule has 0 spiro atoms. The number of aliphatic carboxylic acids is 1. The Bertz CT molecular complexity index is 238. The summed E-state index contributed by atoms with van der Waals surface area (Å²) in [7, 11) is 0. The van der Waals surface area contributed by atoms with E-state index in [2.05, 4.69) is 10.1 Å². The molecule has 0 bridgehead atoms. The fraction of sp³-hybridized carbons (Fsp3) is 0.875. The quantitative estimate of drug-likeness (QED) is 0.691. The van der Waals surface area contributed by atoms with Gasteiger partial charge in [0.2, 0.25) is 0 Å². The minimum absolute atomic E-state index is 0.119. The molecule has 1 saturated carbocycles. The molecule has 0 aromatic rings. The Balaban J connectivity index is 2.22. The van der Waals surface area contributed by atoms with Crippen molar-refractivity contribution in [3.05, 3.63) is 0 Å². The smallest absolute Gasteiger partial charge is 0.480 e. The van der Waals surface area contributed by atoms with E-state index in [-0.39, 0.29) is 6.54 Å². The largest absolute Gasteiger partial charge is 0.522 e. The maximum Gasteiger partial charge on any atom is 0.522 e. The molecular formula is C8H12F3NO3. The summed E-state index contributed by atoms with van der Waals surface area (Å²) in [6.45, 7) is -0.690. The molecule has 0 aromatic heterocycles. The van der Waals surface area contributed by atoms with Crippen LogP contribution in [-0.2, 0) is 9.53 Å². The maximum atomic E-state index is 11.6. The lowest BCUT2D eigenvalue weighted by Gasteiger charge is -2.38. The summed E-state index contributed by atoms with van der Waals surface area (Å²) in [5.41, 5.74) is -1.03. The molecule has 0 atom stereocenters. The monoisotopic (exact) mass is 227 g/mol. The summed E-state index contributed by atoms with van der Waals surface area (Å²) in [4.78, 5) is 10.8. The third kappa shape index (κ3) is 3.35. The van der Waals surface area contributed by atoms with Gasteiger partial charge in [0, 0.05) is 6.54 Å². The van der Waals surface area contributed by atoms with E-state index in [1.54, 1.807) is 0 Å². The first kappa shape index (κ1) is 12.3. The lowest BCUT2D eigenvalue weighted by molar-refractivity contribution is -0.323. The third-order valence-electron chi connectivity index (χ3n) is 2.45. The van der Waals surface area contributed by atoms with Crippen molar-refractivity contribution in [1.82, 2.24) is 5.32 Å². The fourth-order valence-electron chi connectivity index (χ4n) is 1.45. The fourth-order valence-corrected chi connectivity index (χ4v) is 1.45. The van der Waals surface area contributed by atoms with Crippen LogP contribution in [0.2, 0.25) is 0 Å². The van der Waals surface area contributed by atoms with Crippen LogP contribution in [0.25, 0.3) is 0 Å². The molecule has 1 fully saturated rings. The summed E-state index contributed by atoms with van der Waals surface area (Å²) in [5, 5.41) is 11.4. The van der Waals surface area contributed by atoms with Crippen LogP contribution in [0.15, 0.2) is 0 Å². The van der Waals surface area contributed by atoms with Gasteiger partial charge in [0.05, 0.1) is 6.61 Å². The zero-order chi connectivity index (χ0) is 11.5. The minimum Gasteiger partial charge on any atom is -0.480 e. The van der Waals surface area contributed by atoms with Crippen molar-refractivity contribution < 1.29 is 27.8 Å². The predicted octanol–water partition coefficient (Wildman–Crippen LogP) is 1.12. The number of carboxylic acids is 1. The molecule has 0 radical (unpaired) electrons. The molecule has 0 unspecified atom stereocenters. The summed E-state index contributed by atoms with van der Waals surface area (Å²) in [5.74, 6) is -1.01. The van der Waals surface area contributed by atoms with Crippen molar-refractivity contribution in [3.63, 3.8) is 0 Å². The van der Waals surface area contributed by atoms with Crippen molar-refractivity contribution in [3.8, 4) is 0 Å². The summed E-state index contributed by atoms with van der Waals surface area (Å²) in [6.07, 6.45) is -2.97. The van der Waals surface area contributed by atoms with E-state index in [0.717, 1.165) is 6.42 Å². The van der Waals surface area contributed by atoms with E-state index >= 15 is 0 Å². The second-order valence-corrected chi connectivity index (χ2v) is 3.46. The number of rotatable bonds is 5. The molecular weight excluding hydrogens is 215 g/mol. The van der Waals surface area contributed by atoms with Gasteiger partial charge in [-0.05, 0) is 19.3 Å². The normalized spacial score (nSPS) is 19.7. The zero-order valence-corrected chi connectivity index (χ0v) is 7.93. The average molecular weight is 227 g/mol. The van der Waals surface area contributed by atoms with Crippen molar-refractivity contribution in [1.29, 1.82) is 0 Å². The standard InChI is InChI=1S/C8H12F3NO3/c9-8(10,11)15-5-4-12-7(6(13)14)2-1-3-7/h12H,1-5H2,(H,13,14). The van der Waals surface area contributed by atoms with Gasteiger partial charge in [-0.1, -0.05) is 0 Å². The number of halogens is 3. The predicted molar refractivity (Wildman–Crippen MR) is 44.2 cm³/mol. The highest BCUT2D eigenvalue weighted by Gasteiger charge is 2.43. The lowest BCUT2D eigenvalue weighted by Crippen LogP contribution is -2.57. The first-order valence-electron chi connectivity index (χ1n) is 4.55. The molecule has 7 heteroatoms. The van der Waals surface area contributed by atoms with Crippen LogP contribution in [0.1, 0.15) is 19.3 Å². The molecule has 2 N–H and O–H groups in total. The highest BCUT2D eigenvalue weighted by molar-refractivity contribution is 5.79. The van der Waals surface area contributed by atoms with Crippen LogP contribution < -0.4 is 5.32 Å². The molecule has 0 saturated heterocycles. The molecule has 0 aliphatic heterocycles. The summed E-state index contributed by atoms with van der Waals surface area (Å²) >= 11 is 0. The average Bonchev–Trinajstić information content (AvgIpc) is 1.98. The Hall–Kier alpha value is -0.820. The van der Waals surface area contributed by atoms with E-state index in [1.165, 1.54) is 0 Å².